The number of ether oxygens (including phenoxy) is 1. The monoisotopic (exact) mass is 367 g/mol. The van der Waals surface area contributed by atoms with Crippen LogP contribution in [0.15, 0.2) is 39.3 Å². The highest BCUT2D eigenvalue weighted by atomic mass is 79.9. The van der Waals surface area contributed by atoms with Crippen molar-refractivity contribution >= 4 is 37.5 Å². The van der Waals surface area contributed by atoms with Gasteiger partial charge in [0.25, 0.3) is 0 Å². The van der Waals surface area contributed by atoms with E-state index in [1.165, 1.54) is 0 Å². The molecule has 1 heterocycles. The van der Waals surface area contributed by atoms with Gasteiger partial charge in [0.15, 0.2) is 5.69 Å². The number of hydrogen-bond donors (Lipinski definition) is 1. The van der Waals surface area contributed by atoms with Crippen molar-refractivity contribution in [3.63, 3.8) is 0 Å². The number of nitrogen functional groups attached to an aromatic ring is 1. The number of benzene rings is 1. The quantitative estimate of drug-likeness (QED) is 0.873. The van der Waals surface area contributed by atoms with Crippen LogP contribution in [0.1, 0.15) is 5.69 Å². The Morgan fingerprint density at radius 2 is 2.00 bits per heavy atom. The minimum absolute atomic E-state index is 0.153. The zero-order valence-corrected chi connectivity index (χ0v) is 12.2. The minimum atomic E-state index is 0.153. The number of pyridine rings is 1. The van der Waals surface area contributed by atoms with Gasteiger partial charge >= 0.3 is 0 Å². The molecule has 0 fully saturated rings. The molecule has 2 rings (SSSR count). The molecule has 0 spiro atoms. The average Bonchev–Trinajstić information content (AvgIpc) is 2.35. The van der Waals surface area contributed by atoms with E-state index in [-0.39, 0.29) is 5.69 Å². The summed E-state index contributed by atoms with van der Waals surface area (Å²) in [7, 11) is 0. The summed E-state index contributed by atoms with van der Waals surface area (Å²) in [6.07, 6.45) is 0. The predicted molar refractivity (Wildman–Crippen MR) is 75.3 cm³/mol. The van der Waals surface area contributed by atoms with Gasteiger partial charge in [0, 0.05) is 10.5 Å². The standard InChI is InChI=1S/C12H7Br2N3O/c13-7-1-3-11(8(14)5-7)18-12-4-2-9(16)10(6-15)17-12/h1-5H,16H2. The van der Waals surface area contributed by atoms with Gasteiger partial charge in [0.05, 0.1) is 10.2 Å². The first-order chi connectivity index (χ1) is 8.60. The van der Waals surface area contributed by atoms with Crippen molar-refractivity contribution < 1.29 is 4.74 Å². The molecule has 1 aromatic heterocycles. The van der Waals surface area contributed by atoms with Gasteiger partial charge in [0.2, 0.25) is 5.88 Å². The molecule has 4 nitrogen and oxygen atoms in total. The number of halogens is 2. The Hall–Kier alpha value is -1.58. The molecule has 0 saturated heterocycles. The maximum atomic E-state index is 8.84. The lowest BCUT2D eigenvalue weighted by Crippen LogP contribution is -1.96. The second-order valence-corrected chi connectivity index (χ2v) is 5.15. The fraction of sp³-hybridized carbons (Fsp3) is 0. The Morgan fingerprint density at radius 1 is 1.22 bits per heavy atom. The van der Waals surface area contributed by atoms with Crippen molar-refractivity contribution in [2.75, 3.05) is 5.73 Å². The zero-order chi connectivity index (χ0) is 13.1. The van der Waals surface area contributed by atoms with Crippen molar-refractivity contribution in [3.8, 4) is 17.7 Å². The molecule has 0 aliphatic heterocycles. The molecule has 0 radical (unpaired) electrons. The lowest BCUT2D eigenvalue weighted by Gasteiger charge is -2.07. The molecule has 0 saturated carbocycles. The van der Waals surface area contributed by atoms with Crippen LogP contribution in [-0.2, 0) is 0 Å². The third-order valence-corrected chi connectivity index (χ3v) is 3.23. The number of hydrogen-bond acceptors (Lipinski definition) is 4. The van der Waals surface area contributed by atoms with E-state index in [9.17, 15) is 0 Å². The molecule has 0 unspecified atom stereocenters. The van der Waals surface area contributed by atoms with Gasteiger partial charge in [0.1, 0.15) is 11.8 Å². The van der Waals surface area contributed by atoms with Crippen molar-refractivity contribution in [3.05, 3.63) is 45.0 Å². The number of aromatic nitrogens is 1. The summed E-state index contributed by atoms with van der Waals surface area (Å²) in [6.45, 7) is 0. The molecular formula is C12H7Br2N3O. The van der Waals surface area contributed by atoms with Gasteiger partial charge in [-0.25, -0.2) is 4.98 Å². The second-order valence-electron chi connectivity index (χ2n) is 3.38. The smallest absolute Gasteiger partial charge is 0.220 e. The third kappa shape index (κ3) is 2.81. The van der Waals surface area contributed by atoms with E-state index in [1.54, 1.807) is 18.2 Å². The van der Waals surface area contributed by atoms with Gasteiger partial charge in [-0.15, -0.1) is 0 Å². The van der Waals surface area contributed by atoms with Crippen LogP contribution in [0.3, 0.4) is 0 Å². The van der Waals surface area contributed by atoms with Crippen LogP contribution in [0, 0.1) is 11.3 Å². The Morgan fingerprint density at radius 3 is 2.67 bits per heavy atom. The normalized spacial score (nSPS) is 9.83. The largest absolute Gasteiger partial charge is 0.438 e. The average molecular weight is 369 g/mol. The summed E-state index contributed by atoms with van der Waals surface area (Å²) in [6, 6.07) is 10.6. The highest BCUT2D eigenvalue weighted by molar-refractivity contribution is 9.11. The fourth-order valence-corrected chi connectivity index (χ4v) is 2.40. The van der Waals surface area contributed by atoms with Crippen molar-refractivity contribution in [1.29, 1.82) is 5.26 Å². The molecule has 0 atom stereocenters. The molecule has 2 aromatic rings. The van der Waals surface area contributed by atoms with E-state index < -0.39 is 0 Å². The maximum absolute atomic E-state index is 8.84. The van der Waals surface area contributed by atoms with Gasteiger partial charge < -0.3 is 10.5 Å². The maximum Gasteiger partial charge on any atom is 0.220 e. The third-order valence-electron chi connectivity index (χ3n) is 2.12. The van der Waals surface area contributed by atoms with E-state index in [4.69, 9.17) is 15.7 Å². The molecular weight excluding hydrogens is 362 g/mol. The van der Waals surface area contributed by atoms with Crippen molar-refractivity contribution in [1.82, 2.24) is 4.98 Å². The van der Waals surface area contributed by atoms with E-state index in [1.807, 2.05) is 18.2 Å². The van der Waals surface area contributed by atoms with Crippen LogP contribution in [0.2, 0.25) is 0 Å². The topological polar surface area (TPSA) is 71.9 Å². The summed E-state index contributed by atoms with van der Waals surface area (Å²) >= 11 is 6.74. The Kier molecular flexibility index (Phi) is 3.84. The molecule has 6 heteroatoms. The Labute approximate surface area is 121 Å². The summed E-state index contributed by atoms with van der Waals surface area (Å²) < 4.78 is 7.30. The van der Waals surface area contributed by atoms with Crippen molar-refractivity contribution in [2.45, 2.75) is 0 Å². The van der Waals surface area contributed by atoms with Gasteiger partial charge in [-0.1, -0.05) is 15.9 Å². The Bertz CT molecular complexity index is 638. The number of anilines is 1. The van der Waals surface area contributed by atoms with Crippen LogP contribution in [-0.4, -0.2) is 4.98 Å². The zero-order valence-electron chi connectivity index (χ0n) is 9.02. The molecule has 2 N–H and O–H groups in total. The summed E-state index contributed by atoms with van der Waals surface area (Å²) in [5.41, 5.74) is 6.07. The lowest BCUT2D eigenvalue weighted by molar-refractivity contribution is 0.459. The second kappa shape index (κ2) is 5.38. The van der Waals surface area contributed by atoms with Crippen LogP contribution >= 0.6 is 31.9 Å². The number of nitrogens with two attached hydrogens (primary N) is 1. The highest BCUT2D eigenvalue weighted by Crippen LogP contribution is 2.31. The molecule has 0 aliphatic carbocycles. The molecule has 0 bridgehead atoms. The molecule has 18 heavy (non-hydrogen) atoms. The first-order valence-corrected chi connectivity index (χ1v) is 6.48. The van der Waals surface area contributed by atoms with Crippen LogP contribution in [0.4, 0.5) is 5.69 Å². The van der Waals surface area contributed by atoms with Crippen LogP contribution in [0.5, 0.6) is 11.6 Å². The highest BCUT2D eigenvalue weighted by Gasteiger charge is 2.07. The van der Waals surface area contributed by atoms with E-state index in [2.05, 4.69) is 36.8 Å². The molecule has 90 valence electrons. The number of nitrogens with zero attached hydrogens (tertiary/aromatic N) is 2. The first kappa shape index (κ1) is 12.9. The molecule has 0 aliphatic rings. The van der Waals surface area contributed by atoms with Crippen molar-refractivity contribution in [2.24, 2.45) is 0 Å². The summed E-state index contributed by atoms with van der Waals surface area (Å²) in [5, 5.41) is 8.84. The van der Waals surface area contributed by atoms with E-state index in [0.29, 0.717) is 17.3 Å². The summed E-state index contributed by atoms with van der Waals surface area (Å²) in [4.78, 5) is 4.01. The SMILES string of the molecule is N#Cc1nc(Oc2ccc(Br)cc2Br)ccc1N. The van der Waals surface area contributed by atoms with Gasteiger partial charge in [-0.2, -0.15) is 5.26 Å². The van der Waals surface area contributed by atoms with Gasteiger partial charge in [-0.05, 0) is 40.2 Å². The van der Waals surface area contributed by atoms with Crippen LogP contribution in [0.25, 0.3) is 0 Å². The first-order valence-electron chi connectivity index (χ1n) is 4.89. The fourth-order valence-electron chi connectivity index (χ4n) is 1.27. The summed E-state index contributed by atoms with van der Waals surface area (Å²) in [5.74, 6) is 0.933. The lowest BCUT2D eigenvalue weighted by atomic mass is 10.3. The predicted octanol–water partition coefficient (Wildman–Crippen LogP) is 3.85. The Balaban J connectivity index is 2.32. The van der Waals surface area contributed by atoms with Crippen LogP contribution < -0.4 is 10.5 Å². The minimum Gasteiger partial charge on any atom is -0.438 e. The molecule has 1 aromatic carbocycles. The van der Waals surface area contributed by atoms with Gasteiger partial charge in [-0.3, -0.25) is 0 Å². The molecule has 0 amide bonds. The van der Waals surface area contributed by atoms with E-state index in [0.717, 1.165) is 8.95 Å². The number of rotatable bonds is 2. The van der Waals surface area contributed by atoms with E-state index >= 15 is 0 Å². The number of nitriles is 1.